The van der Waals surface area contributed by atoms with Crippen molar-refractivity contribution < 1.29 is 0 Å². The molecule has 8 aromatic carbocycles. The maximum atomic E-state index is 2.43. The first-order valence-electron chi connectivity index (χ1n) is 15.4. The van der Waals surface area contributed by atoms with Crippen molar-refractivity contribution in [3.8, 4) is 33.4 Å². The highest BCUT2D eigenvalue weighted by Gasteiger charge is 2.20. The lowest BCUT2D eigenvalue weighted by atomic mass is 9.94. The van der Waals surface area contributed by atoms with Gasteiger partial charge in [0.25, 0.3) is 0 Å². The third-order valence-electron chi connectivity index (χ3n) is 8.67. The maximum absolute atomic E-state index is 2.43. The fourth-order valence-corrected chi connectivity index (χ4v) is 6.47. The molecule has 0 aromatic heterocycles. The van der Waals surface area contributed by atoms with Gasteiger partial charge in [0.15, 0.2) is 0 Å². The first kappa shape index (κ1) is 26.7. The Morgan fingerprint density at radius 2 is 0.756 bits per heavy atom. The van der Waals surface area contributed by atoms with Crippen molar-refractivity contribution in [2.45, 2.75) is 0 Å². The topological polar surface area (TPSA) is 3.24 Å². The SMILES string of the molecule is c1ccc(-c2ccc(-c3cccc4cccc(N(c5ccc(-c6ccccc6)cc5)c5cccc6ccccc56)c34)cc2)cc1. The molecule has 0 saturated carbocycles. The van der Waals surface area contributed by atoms with E-state index in [0.29, 0.717) is 0 Å². The molecule has 0 bridgehead atoms. The maximum Gasteiger partial charge on any atom is 0.0546 e. The van der Waals surface area contributed by atoms with Crippen molar-refractivity contribution in [3.63, 3.8) is 0 Å². The van der Waals surface area contributed by atoms with Gasteiger partial charge in [-0.05, 0) is 68.4 Å². The molecule has 0 atom stereocenters. The average molecular weight is 574 g/mol. The molecule has 45 heavy (non-hydrogen) atoms. The lowest BCUT2D eigenvalue weighted by Gasteiger charge is -2.29. The highest BCUT2D eigenvalue weighted by molar-refractivity contribution is 6.10. The molecule has 1 nitrogen and oxygen atoms in total. The van der Waals surface area contributed by atoms with Gasteiger partial charge in [0, 0.05) is 16.5 Å². The van der Waals surface area contributed by atoms with Crippen LogP contribution in [0, 0.1) is 0 Å². The van der Waals surface area contributed by atoms with Crippen LogP contribution in [0.25, 0.3) is 54.9 Å². The summed E-state index contributed by atoms with van der Waals surface area (Å²) in [5.41, 5.74) is 10.7. The Kier molecular flexibility index (Phi) is 6.90. The summed E-state index contributed by atoms with van der Waals surface area (Å²) >= 11 is 0. The minimum atomic E-state index is 1.12. The number of hydrogen-bond acceptors (Lipinski definition) is 1. The molecule has 0 spiro atoms. The van der Waals surface area contributed by atoms with Crippen LogP contribution in [0.5, 0.6) is 0 Å². The summed E-state index contributed by atoms with van der Waals surface area (Å²) in [6.07, 6.45) is 0. The van der Waals surface area contributed by atoms with E-state index in [1.807, 2.05) is 0 Å². The van der Waals surface area contributed by atoms with Gasteiger partial charge in [0.1, 0.15) is 0 Å². The number of nitrogens with zero attached hydrogens (tertiary/aromatic N) is 1. The van der Waals surface area contributed by atoms with Gasteiger partial charge in [-0.1, -0.05) is 164 Å². The minimum absolute atomic E-state index is 1.12. The first-order valence-corrected chi connectivity index (χ1v) is 15.4. The van der Waals surface area contributed by atoms with E-state index < -0.39 is 0 Å². The summed E-state index contributed by atoms with van der Waals surface area (Å²) < 4.78 is 0. The van der Waals surface area contributed by atoms with Crippen molar-refractivity contribution >= 4 is 38.6 Å². The number of fused-ring (bicyclic) bond motifs is 2. The third-order valence-corrected chi connectivity index (χ3v) is 8.67. The Bertz CT molecular complexity index is 2220. The van der Waals surface area contributed by atoms with E-state index in [-0.39, 0.29) is 0 Å². The van der Waals surface area contributed by atoms with Crippen LogP contribution in [0.1, 0.15) is 0 Å². The summed E-state index contributed by atoms with van der Waals surface area (Å²) in [6, 6.07) is 67.7. The van der Waals surface area contributed by atoms with Crippen molar-refractivity contribution in [1.29, 1.82) is 0 Å². The number of hydrogen-bond donors (Lipinski definition) is 0. The van der Waals surface area contributed by atoms with E-state index in [2.05, 4.69) is 193 Å². The normalized spacial score (nSPS) is 11.1. The van der Waals surface area contributed by atoms with Gasteiger partial charge in [-0.15, -0.1) is 0 Å². The molecule has 0 amide bonds. The molecule has 0 aliphatic carbocycles. The Morgan fingerprint density at radius 1 is 0.289 bits per heavy atom. The zero-order valence-electron chi connectivity index (χ0n) is 24.8. The molecule has 0 unspecified atom stereocenters. The van der Waals surface area contributed by atoms with Crippen LogP contribution in [0.4, 0.5) is 17.1 Å². The molecule has 212 valence electrons. The van der Waals surface area contributed by atoms with E-state index in [1.165, 1.54) is 54.9 Å². The van der Waals surface area contributed by atoms with Crippen molar-refractivity contribution in [3.05, 3.63) is 188 Å². The predicted octanol–water partition coefficient (Wildman–Crippen LogP) is 12.5. The second-order valence-corrected chi connectivity index (χ2v) is 11.4. The van der Waals surface area contributed by atoms with Gasteiger partial charge in [-0.25, -0.2) is 0 Å². The molecular formula is C44H31N. The van der Waals surface area contributed by atoms with Crippen LogP contribution in [-0.2, 0) is 0 Å². The molecule has 8 aromatic rings. The Balaban J connectivity index is 1.33. The average Bonchev–Trinajstić information content (AvgIpc) is 3.13. The molecule has 8 rings (SSSR count). The lowest BCUT2D eigenvalue weighted by molar-refractivity contribution is 1.31. The summed E-state index contributed by atoms with van der Waals surface area (Å²) in [4.78, 5) is 2.43. The van der Waals surface area contributed by atoms with E-state index in [1.54, 1.807) is 0 Å². The number of benzene rings is 8. The van der Waals surface area contributed by atoms with Crippen LogP contribution in [0.3, 0.4) is 0 Å². The number of anilines is 3. The summed E-state index contributed by atoms with van der Waals surface area (Å²) in [5.74, 6) is 0. The summed E-state index contributed by atoms with van der Waals surface area (Å²) in [5, 5.41) is 4.88. The summed E-state index contributed by atoms with van der Waals surface area (Å²) in [6.45, 7) is 0. The fourth-order valence-electron chi connectivity index (χ4n) is 6.47. The highest BCUT2D eigenvalue weighted by Crippen LogP contribution is 2.45. The van der Waals surface area contributed by atoms with E-state index in [4.69, 9.17) is 0 Å². The van der Waals surface area contributed by atoms with Crippen LogP contribution in [-0.4, -0.2) is 0 Å². The third kappa shape index (κ3) is 5.05. The van der Waals surface area contributed by atoms with Gasteiger partial charge in [-0.2, -0.15) is 0 Å². The van der Waals surface area contributed by atoms with Crippen molar-refractivity contribution in [1.82, 2.24) is 0 Å². The summed E-state index contributed by atoms with van der Waals surface area (Å²) in [7, 11) is 0. The molecule has 0 aliphatic rings. The van der Waals surface area contributed by atoms with Gasteiger partial charge < -0.3 is 4.90 Å². The molecular weight excluding hydrogens is 542 g/mol. The molecule has 0 N–H and O–H groups in total. The molecule has 0 saturated heterocycles. The zero-order valence-corrected chi connectivity index (χ0v) is 24.8. The molecule has 1 heteroatoms. The molecule has 0 heterocycles. The smallest absolute Gasteiger partial charge is 0.0546 e. The second kappa shape index (κ2) is 11.6. The largest absolute Gasteiger partial charge is 0.309 e. The first-order chi connectivity index (χ1) is 22.3. The monoisotopic (exact) mass is 573 g/mol. The number of rotatable bonds is 6. The standard InChI is InChI=1S/C44H31N/c1-3-12-32(13-4-1)34-24-26-37(27-25-34)41-21-9-18-38-19-11-23-43(44(38)41)45(42-22-10-17-36-16-7-8-20-40(36)42)39-30-28-35(29-31-39)33-14-5-2-6-15-33/h1-31H. The lowest BCUT2D eigenvalue weighted by Crippen LogP contribution is -2.11. The van der Waals surface area contributed by atoms with E-state index in [9.17, 15) is 0 Å². The Hall–Kier alpha value is -5.92. The van der Waals surface area contributed by atoms with Crippen LogP contribution < -0.4 is 4.90 Å². The fraction of sp³-hybridized carbons (Fsp3) is 0. The van der Waals surface area contributed by atoms with E-state index >= 15 is 0 Å². The van der Waals surface area contributed by atoms with Gasteiger partial charge in [0.2, 0.25) is 0 Å². The van der Waals surface area contributed by atoms with Gasteiger partial charge >= 0.3 is 0 Å². The molecule has 0 fully saturated rings. The van der Waals surface area contributed by atoms with Gasteiger partial charge in [0.05, 0.1) is 11.4 Å². The quantitative estimate of drug-likeness (QED) is 0.191. The van der Waals surface area contributed by atoms with Crippen LogP contribution in [0.15, 0.2) is 188 Å². The highest BCUT2D eigenvalue weighted by atomic mass is 15.1. The van der Waals surface area contributed by atoms with Crippen LogP contribution in [0.2, 0.25) is 0 Å². The van der Waals surface area contributed by atoms with Crippen molar-refractivity contribution in [2.75, 3.05) is 4.90 Å². The molecule has 0 radical (unpaired) electrons. The zero-order chi connectivity index (χ0) is 30.0. The Labute approximate surface area is 264 Å². The predicted molar refractivity (Wildman–Crippen MR) is 192 cm³/mol. The van der Waals surface area contributed by atoms with Crippen molar-refractivity contribution in [2.24, 2.45) is 0 Å². The second-order valence-electron chi connectivity index (χ2n) is 11.4. The minimum Gasteiger partial charge on any atom is -0.309 e. The Morgan fingerprint density at radius 3 is 1.42 bits per heavy atom. The van der Waals surface area contributed by atoms with E-state index in [0.717, 1.165) is 17.1 Å². The van der Waals surface area contributed by atoms with Gasteiger partial charge in [-0.3, -0.25) is 0 Å². The molecule has 0 aliphatic heterocycles. The van der Waals surface area contributed by atoms with Crippen LogP contribution >= 0.6 is 0 Å².